The lowest BCUT2D eigenvalue weighted by Gasteiger charge is -2.21. The number of benzene rings is 2. The lowest BCUT2D eigenvalue weighted by atomic mass is 10.1. The van der Waals surface area contributed by atoms with Gasteiger partial charge in [0.15, 0.2) is 0 Å². The molecule has 1 N–H and O–H groups in total. The standard InChI is InChI=1S/C18H19F3N2O/c1-3-23(4-2)16-10-8-15(9-11-16)22-17(24)13-6-5-7-14(12-13)18(19,20)21/h5-12H,3-4H2,1-2H3,(H,22,24). The van der Waals surface area contributed by atoms with E-state index in [0.717, 1.165) is 30.9 Å². The average Bonchev–Trinajstić information content (AvgIpc) is 2.57. The van der Waals surface area contributed by atoms with E-state index in [1.165, 1.54) is 12.1 Å². The van der Waals surface area contributed by atoms with Crippen LogP contribution < -0.4 is 10.2 Å². The van der Waals surface area contributed by atoms with E-state index in [2.05, 4.69) is 10.2 Å². The summed E-state index contributed by atoms with van der Waals surface area (Å²) in [6, 6.07) is 11.6. The number of anilines is 2. The quantitative estimate of drug-likeness (QED) is 0.850. The number of nitrogens with zero attached hydrogens (tertiary/aromatic N) is 1. The van der Waals surface area contributed by atoms with Crippen LogP contribution in [0.15, 0.2) is 48.5 Å². The lowest BCUT2D eigenvalue weighted by molar-refractivity contribution is -0.137. The number of carbonyl (C=O) groups is 1. The molecular formula is C18H19F3N2O. The SMILES string of the molecule is CCN(CC)c1ccc(NC(=O)c2cccc(C(F)(F)F)c2)cc1. The van der Waals surface area contributed by atoms with Gasteiger partial charge in [-0.2, -0.15) is 13.2 Å². The highest BCUT2D eigenvalue weighted by Gasteiger charge is 2.30. The van der Waals surface area contributed by atoms with Gasteiger partial charge in [-0.3, -0.25) is 4.79 Å². The predicted octanol–water partition coefficient (Wildman–Crippen LogP) is 4.80. The summed E-state index contributed by atoms with van der Waals surface area (Å²) in [5.74, 6) is -0.573. The van der Waals surface area contributed by atoms with E-state index in [1.54, 1.807) is 12.1 Å². The van der Waals surface area contributed by atoms with Crippen molar-refractivity contribution in [2.75, 3.05) is 23.3 Å². The van der Waals surface area contributed by atoms with Gasteiger partial charge < -0.3 is 10.2 Å². The minimum absolute atomic E-state index is 0.0300. The Morgan fingerprint density at radius 2 is 1.67 bits per heavy atom. The molecule has 0 fully saturated rings. The van der Waals surface area contributed by atoms with Crippen LogP contribution in [-0.4, -0.2) is 19.0 Å². The Bertz CT molecular complexity index is 692. The van der Waals surface area contributed by atoms with Gasteiger partial charge in [-0.05, 0) is 56.3 Å². The molecule has 2 aromatic rings. The molecule has 0 saturated heterocycles. The molecule has 1 amide bonds. The molecule has 0 aliphatic heterocycles. The summed E-state index contributed by atoms with van der Waals surface area (Å²) < 4.78 is 38.1. The van der Waals surface area contributed by atoms with Crippen LogP contribution in [0, 0.1) is 0 Å². The second-order valence-corrected chi connectivity index (χ2v) is 5.25. The van der Waals surface area contributed by atoms with E-state index in [1.807, 2.05) is 26.0 Å². The van der Waals surface area contributed by atoms with E-state index in [-0.39, 0.29) is 5.56 Å². The van der Waals surface area contributed by atoms with Crippen molar-refractivity contribution < 1.29 is 18.0 Å². The van der Waals surface area contributed by atoms with Crippen LogP contribution in [0.1, 0.15) is 29.8 Å². The molecule has 0 aliphatic carbocycles. The van der Waals surface area contributed by atoms with Crippen LogP contribution >= 0.6 is 0 Å². The predicted molar refractivity (Wildman–Crippen MR) is 89.4 cm³/mol. The molecule has 0 radical (unpaired) electrons. The highest BCUT2D eigenvalue weighted by molar-refractivity contribution is 6.04. The number of rotatable bonds is 5. The fourth-order valence-electron chi connectivity index (χ4n) is 2.38. The second kappa shape index (κ2) is 7.38. The summed E-state index contributed by atoms with van der Waals surface area (Å²) in [5, 5.41) is 2.61. The summed E-state index contributed by atoms with van der Waals surface area (Å²) in [5.41, 5.74) is 0.690. The molecule has 0 spiro atoms. The van der Waals surface area contributed by atoms with Crippen molar-refractivity contribution in [3.63, 3.8) is 0 Å². The van der Waals surface area contributed by atoms with Gasteiger partial charge in [0.1, 0.15) is 0 Å². The van der Waals surface area contributed by atoms with Gasteiger partial charge in [-0.1, -0.05) is 6.07 Å². The average molecular weight is 336 g/mol. The minimum Gasteiger partial charge on any atom is -0.372 e. The Hall–Kier alpha value is -2.50. The monoisotopic (exact) mass is 336 g/mol. The number of halogens is 3. The zero-order valence-corrected chi connectivity index (χ0v) is 13.5. The minimum atomic E-state index is -4.47. The fourth-order valence-corrected chi connectivity index (χ4v) is 2.38. The van der Waals surface area contributed by atoms with Crippen molar-refractivity contribution in [1.82, 2.24) is 0 Å². The van der Waals surface area contributed by atoms with Gasteiger partial charge in [0.05, 0.1) is 5.56 Å². The third-order valence-electron chi connectivity index (χ3n) is 3.71. The summed E-state index contributed by atoms with van der Waals surface area (Å²) >= 11 is 0. The Labute approximate surface area is 139 Å². The Morgan fingerprint density at radius 3 is 2.21 bits per heavy atom. The molecule has 6 heteroatoms. The lowest BCUT2D eigenvalue weighted by Crippen LogP contribution is -2.21. The molecule has 0 saturated carbocycles. The third-order valence-corrected chi connectivity index (χ3v) is 3.71. The first-order chi connectivity index (χ1) is 11.3. The first kappa shape index (κ1) is 17.8. The summed E-state index contributed by atoms with van der Waals surface area (Å²) in [6.45, 7) is 5.83. The van der Waals surface area contributed by atoms with Crippen LogP contribution in [-0.2, 0) is 6.18 Å². The van der Waals surface area contributed by atoms with Crippen LogP contribution in [0.4, 0.5) is 24.5 Å². The zero-order chi connectivity index (χ0) is 17.7. The van der Waals surface area contributed by atoms with Crippen molar-refractivity contribution in [2.24, 2.45) is 0 Å². The molecule has 0 atom stereocenters. The topological polar surface area (TPSA) is 32.3 Å². The molecule has 0 bridgehead atoms. The largest absolute Gasteiger partial charge is 0.416 e. The number of hydrogen-bond donors (Lipinski definition) is 1. The fraction of sp³-hybridized carbons (Fsp3) is 0.278. The number of nitrogens with one attached hydrogen (secondary N) is 1. The third kappa shape index (κ3) is 4.28. The van der Waals surface area contributed by atoms with Gasteiger partial charge in [0, 0.05) is 30.0 Å². The maximum atomic E-state index is 12.7. The van der Waals surface area contributed by atoms with Crippen molar-refractivity contribution in [3.05, 3.63) is 59.7 Å². The number of alkyl halides is 3. The number of hydrogen-bond acceptors (Lipinski definition) is 2. The maximum Gasteiger partial charge on any atom is 0.416 e. The molecule has 0 unspecified atom stereocenters. The number of carbonyl (C=O) groups excluding carboxylic acids is 1. The van der Waals surface area contributed by atoms with Gasteiger partial charge in [-0.25, -0.2) is 0 Å². The van der Waals surface area contributed by atoms with Gasteiger partial charge in [0.2, 0.25) is 0 Å². The molecule has 0 aliphatic rings. The summed E-state index contributed by atoms with van der Waals surface area (Å²) in [7, 11) is 0. The first-order valence-electron chi connectivity index (χ1n) is 7.68. The molecule has 2 rings (SSSR count). The van der Waals surface area contributed by atoms with Crippen LogP contribution in [0.25, 0.3) is 0 Å². The van der Waals surface area contributed by atoms with Crippen molar-refractivity contribution in [3.8, 4) is 0 Å². The van der Waals surface area contributed by atoms with E-state index < -0.39 is 17.6 Å². The summed E-state index contributed by atoms with van der Waals surface area (Å²) in [6.07, 6.45) is -4.47. The summed E-state index contributed by atoms with van der Waals surface area (Å²) in [4.78, 5) is 14.3. The van der Waals surface area contributed by atoms with E-state index >= 15 is 0 Å². The molecule has 2 aromatic carbocycles. The van der Waals surface area contributed by atoms with E-state index in [4.69, 9.17) is 0 Å². The smallest absolute Gasteiger partial charge is 0.372 e. The highest BCUT2D eigenvalue weighted by Crippen LogP contribution is 2.29. The van der Waals surface area contributed by atoms with Gasteiger partial charge >= 0.3 is 6.18 Å². The maximum absolute atomic E-state index is 12.7. The molecule has 3 nitrogen and oxygen atoms in total. The van der Waals surface area contributed by atoms with E-state index in [0.29, 0.717) is 5.69 Å². The van der Waals surface area contributed by atoms with E-state index in [9.17, 15) is 18.0 Å². The Kier molecular flexibility index (Phi) is 5.49. The van der Waals surface area contributed by atoms with Crippen molar-refractivity contribution in [2.45, 2.75) is 20.0 Å². The highest BCUT2D eigenvalue weighted by atomic mass is 19.4. The molecule has 128 valence electrons. The Morgan fingerprint density at radius 1 is 1.04 bits per heavy atom. The molecule has 0 aromatic heterocycles. The van der Waals surface area contributed by atoms with Gasteiger partial charge in [-0.15, -0.1) is 0 Å². The van der Waals surface area contributed by atoms with Crippen LogP contribution in [0.5, 0.6) is 0 Å². The molecule has 24 heavy (non-hydrogen) atoms. The van der Waals surface area contributed by atoms with Gasteiger partial charge in [0.25, 0.3) is 5.91 Å². The normalized spacial score (nSPS) is 11.2. The molecular weight excluding hydrogens is 317 g/mol. The second-order valence-electron chi connectivity index (χ2n) is 5.25. The Balaban J connectivity index is 2.12. The van der Waals surface area contributed by atoms with Crippen LogP contribution in [0.3, 0.4) is 0 Å². The first-order valence-corrected chi connectivity index (χ1v) is 7.68. The van der Waals surface area contributed by atoms with Crippen LogP contribution in [0.2, 0.25) is 0 Å². The molecule has 0 heterocycles. The zero-order valence-electron chi connectivity index (χ0n) is 13.5. The van der Waals surface area contributed by atoms with Crippen molar-refractivity contribution in [1.29, 1.82) is 0 Å². The van der Waals surface area contributed by atoms with Crippen molar-refractivity contribution >= 4 is 17.3 Å². The number of amides is 1.